The monoisotopic (exact) mass is 278 g/mol. The molecule has 5 nitrogen and oxygen atoms in total. The third-order valence-electron chi connectivity index (χ3n) is 2.85. The first kappa shape index (κ1) is 13.1. The van der Waals surface area contributed by atoms with Crippen molar-refractivity contribution >= 4 is 6.21 Å². The molecule has 5 heteroatoms. The number of aromatic nitrogens is 3. The van der Waals surface area contributed by atoms with E-state index in [-0.39, 0.29) is 0 Å². The van der Waals surface area contributed by atoms with Crippen LogP contribution in [0.25, 0.3) is 0 Å². The fourth-order valence-corrected chi connectivity index (χ4v) is 1.81. The average Bonchev–Trinajstić information content (AvgIpc) is 3.06. The van der Waals surface area contributed by atoms with Crippen LogP contribution in [0.5, 0.6) is 5.75 Å². The fraction of sp³-hybridized carbons (Fsp3) is 0.0625. The van der Waals surface area contributed by atoms with Gasteiger partial charge in [0.05, 0.1) is 6.21 Å². The molecular formula is C16H14N4O. The molecule has 3 aromatic rings. The maximum atomic E-state index is 5.78. The fourth-order valence-electron chi connectivity index (χ4n) is 1.81. The maximum Gasteiger partial charge on any atom is 0.141 e. The van der Waals surface area contributed by atoms with Crippen molar-refractivity contribution in [3.63, 3.8) is 0 Å². The molecule has 0 atom stereocenters. The van der Waals surface area contributed by atoms with E-state index in [2.05, 4.69) is 15.3 Å². The van der Waals surface area contributed by atoms with Crippen molar-refractivity contribution in [2.75, 3.05) is 0 Å². The van der Waals surface area contributed by atoms with Crippen molar-refractivity contribution in [2.45, 2.75) is 6.61 Å². The minimum atomic E-state index is 0.548. The lowest BCUT2D eigenvalue weighted by Gasteiger charge is -2.06. The molecular weight excluding hydrogens is 264 g/mol. The molecule has 0 spiro atoms. The Hall–Kier alpha value is -2.95. The molecule has 0 aliphatic rings. The van der Waals surface area contributed by atoms with Crippen molar-refractivity contribution < 1.29 is 4.74 Å². The van der Waals surface area contributed by atoms with Crippen LogP contribution in [0.4, 0.5) is 0 Å². The molecule has 1 aromatic heterocycles. The smallest absolute Gasteiger partial charge is 0.141 e. The van der Waals surface area contributed by atoms with Gasteiger partial charge in [-0.05, 0) is 23.3 Å². The minimum Gasteiger partial charge on any atom is -0.489 e. The summed E-state index contributed by atoms with van der Waals surface area (Å²) in [7, 11) is 0. The van der Waals surface area contributed by atoms with Crippen LogP contribution >= 0.6 is 0 Å². The van der Waals surface area contributed by atoms with Gasteiger partial charge in [-0.15, -0.1) is 10.2 Å². The summed E-state index contributed by atoms with van der Waals surface area (Å²) < 4.78 is 7.32. The predicted octanol–water partition coefficient (Wildman–Crippen LogP) is 2.74. The minimum absolute atomic E-state index is 0.548. The summed E-state index contributed by atoms with van der Waals surface area (Å²) in [5.41, 5.74) is 2.09. The first-order valence-electron chi connectivity index (χ1n) is 6.56. The number of benzene rings is 2. The summed E-state index contributed by atoms with van der Waals surface area (Å²) in [5, 5.41) is 11.6. The van der Waals surface area contributed by atoms with Gasteiger partial charge in [0.25, 0.3) is 0 Å². The van der Waals surface area contributed by atoms with Gasteiger partial charge in [-0.1, -0.05) is 42.5 Å². The van der Waals surface area contributed by atoms with Gasteiger partial charge in [-0.25, -0.2) is 4.68 Å². The topological polar surface area (TPSA) is 52.3 Å². The Balaban J connectivity index is 1.66. The van der Waals surface area contributed by atoms with E-state index >= 15 is 0 Å². The van der Waals surface area contributed by atoms with Gasteiger partial charge in [0.15, 0.2) is 0 Å². The second-order valence-corrected chi connectivity index (χ2v) is 4.43. The van der Waals surface area contributed by atoms with Crippen LogP contribution in [0.2, 0.25) is 0 Å². The summed E-state index contributed by atoms with van der Waals surface area (Å²) in [6.07, 6.45) is 4.80. The number of ether oxygens (including phenoxy) is 1. The highest BCUT2D eigenvalue weighted by Crippen LogP contribution is 2.14. The van der Waals surface area contributed by atoms with Crippen molar-refractivity contribution in [3.05, 3.63) is 78.4 Å². The summed E-state index contributed by atoms with van der Waals surface area (Å²) in [6.45, 7) is 0.548. The molecule has 0 bridgehead atoms. The van der Waals surface area contributed by atoms with E-state index in [1.807, 2.05) is 54.6 Å². The third-order valence-corrected chi connectivity index (χ3v) is 2.85. The highest BCUT2D eigenvalue weighted by molar-refractivity contribution is 5.80. The number of hydrogen-bond donors (Lipinski definition) is 0. The molecule has 3 rings (SSSR count). The highest BCUT2D eigenvalue weighted by atomic mass is 16.5. The Bertz CT molecular complexity index is 708. The third kappa shape index (κ3) is 3.76. The van der Waals surface area contributed by atoms with Crippen molar-refractivity contribution in [1.29, 1.82) is 0 Å². The van der Waals surface area contributed by atoms with Gasteiger partial charge in [-0.3, -0.25) is 0 Å². The van der Waals surface area contributed by atoms with Crippen LogP contribution in [0, 0.1) is 0 Å². The van der Waals surface area contributed by atoms with E-state index < -0.39 is 0 Å². The first-order chi connectivity index (χ1) is 10.4. The molecule has 2 aromatic carbocycles. The summed E-state index contributed by atoms with van der Waals surface area (Å²) in [4.78, 5) is 0. The standard InChI is InChI=1S/C16H14N4O/c1-2-5-14(6-3-1)11-21-16-8-4-7-15(9-16)10-19-20-12-17-18-13-20/h1-10,12-13H,11H2/b19-10+. The van der Waals surface area contributed by atoms with E-state index in [0.29, 0.717) is 6.61 Å². The molecule has 1 heterocycles. The van der Waals surface area contributed by atoms with E-state index in [1.165, 1.54) is 17.3 Å². The van der Waals surface area contributed by atoms with Crippen LogP contribution < -0.4 is 4.74 Å². The molecule has 0 radical (unpaired) electrons. The normalized spacial score (nSPS) is 10.9. The number of nitrogens with zero attached hydrogens (tertiary/aromatic N) is 4. The molecule has 0 amide bonds. The molecule has 0 aliphatic carbocycles. The molecule has 21 heavy (non-hydrogen) atoms. The van der Waals surface area contributed by atoms with Gasteiger partial charge in [-0.2, -0.15) is 5.10 Å². The Morgan fingerprint density at radius 3 is 2.62 bits per heavy atom. The molecule has 0 aliphatic heterocycles. The first-order valence-corrected chi connectivity index (χ1v) is 6.56. The highest BCUT2D eigenvalue weighted by Gasteiger charge is 1.97. The molecule has 0 saturated carbocycles. The van der Waals surface area contributed by atoms with Crippen molar-refractivity contribution in [1.82, 2.24) is 14.9 Å². The van der Waals surface area contributed by atoms with Crippen molar-refractivity contribution in [3.8, 4) is 5.75 Å². The Morgan fingerprint density at radius 2 is 1.81 bits per heavy atom. The lowest BCUT2D eigenvalue weighted by atomic mass is 10.2. The van der Waals surface area contributed by atoms with Crippen LogP contribution in [0.3, 0.4) is 0 Å². The van der Waals surface area contributed by atoms with Gasteiger partial charge < -0.3 is 4.74 Å². The Kier molecular flexibility index (Phi) is 4.02. The Morgan fingerprint density at radius 1 is 1.00 bits per heavy atom. The second-order valence-electron chi connectivity index (χ2n) is 4.43. The summed E-state index contributed by atoms with van der Waals surface area (Å²) in [6, 6.07) is 17.8. The second kappa shape index (κ2) is 6.47. The Labute approximate surface area is 122 Å². The molecule has 0 saturated heterocycles. The van der Waals surface area contributed by atoms with Crippen molar-refractivity contribution in [2.24, 2.45) is 5.10 Å². The molecule has 104 valence electrons. The van der Waals surface area contributed by atoms with Crippen LogP contribution in [-0.4, -0.2) is 21.1 Å². The molecule has 0 N–H and O–H groups in total. The largest absolute Gasteiger partial charge is 0.489 e. The molecule has 0 fully saturated rings. The van der Waals surface area contributed by atoms with Gasteiger partial charge >= 0.3 is 0 Å². The van der Waals surface area contributed by atoms with Crippen LogP contribution in [-0.2, 0) is 6.61 Å². The summed E-state index contributed by atoms with van der Waals surface area (Å²) >= 11 is 0. The maximum absolute atomic E-state index is 5.78. The zero-order chi connectivity index (χ0) is 14.3. The van der Waals surface area contributed by atoms with Crippen LogP contribution in [0.15, 0.2) is 72.4 Å². The zero-order valence-corrected chi connectivity index (χ0v) is 11.3. The number of rotatable bonds is 5. The summed E-state index contributed by atoms with van der Waals surface area (Å²) in [5.74, 6) is 0.812. The van der Waals surface area contributed by atoms with E-state index in [1.54, 1.807) is 6.21 Å². The lowest BCUT2D eigenvalue weighted by Crippen LogP contribution is -1.95. The van der Waals surface area contributed by atoms with E-state index in [0.717, 1.165) is 16.9 Å². The number of hydrogen-bond acceptors (Lipinski definition) is 4. The van der Waals surface area contributed by atoms with E-state index in [9.17, 15) is 0 Å². The van der Waals surface area contributed by atoms with Gasteiger partial charge in [0, 0.05) is 0 Å². The zero-order valence-electron chi connectivity index (χ0n) is 11.3. The molecule has 0 unspecified atom stereocenters. The quantitative estimate of drug-likeness (QED) is 0.674. The van der Waals surface area contributed by atoms with Gasteiger partial charge in [0.1, 0.15) is 25.0 Å². The van der Waals surface area contributed by atoms with E-state index in [4.69, 9.17) is 4.74 Å². The predicted molar refractivity (Wildman–Crippen MR) is 80.2 cm³/mol. The van der Waals surface area contributed by atoms with Gasteiger partial charge in [0.2, 0.25) is 0 Å². The SMILES string of the molecule is C(=N\n1cnnc1)/c1cccc(OCc2ccccc2)c1. The lowest BCUT2D eigenvalue weighted by molar-refractivity contribution is 0.306. The van der Waals surface area contributed by atoms with Crippen LogP contribution in [0.1, 0.15) is 11.1 Å². The average molecular weight is 278 g/mol.